The number of halogens is 2. The fourth-order valence-electron chi connectivity index (χ4n) is 1.50. The molecule has 0 saturated heterocycles. The van der Waals surface area contributed by atoms with Crippen LogP contribution < -0.4 is 11.1 Å². The topological polar surface area (TPSA) is 38.0 Å². The Morgan fingerprint density at radius 1 is 1.22 bits per heavy atom. The number of hydrogen-bond donors (Lipinski definition) is 2. The van der Waals surface area contributed by atoms with Crippen molar-refractivity contribution in [1.29, 1.82) is 0 Å². The second kappa shape index (κ2) is 5.50. The van der Waals surface area contributed by atoms with Crippen molar-refractivity contribution < 1.29 is 4.39 Å². The summed E-state index contributed by atoms with van der Waals surface area (Å²) in [6.45, 7) is 0. The summed E-state index contributed by atoms with van der Waals surface area (Å²) in [4.78, 5) is 1.17. The average Bonchev–Trinajstić information content (AvgIpc) is 2.37. The van der Waals surface area contributed by atoms with Gasteiger partial charge in [0.1, 0.15) is 5.82 Å². The Morgan fingerprint density at radius 3 is 2.50 bits per heavy atom. The quantitative estimate of drug-likeness (QED) is 0.642. The van der Waals surface area contributed by atoms with Crippen LogP contribution in [0.2, 0.25) is 5.02 Å². The first kappa shape index (κ1) is 13.1. The normalized spacial score (nSPS) is 10.4. The number of rotatable bonds is 3. The highest BCUT2D eigenvalue weighted by Gasteiger charge is 2.06. The Kier molecular flexibility index (Phi) is 3.99. The third-order valence-electron chi connectivity index (χ3n) is 2.46. The van der Waals surface area contributed by atoms with Crippen molar-refractivity contribution in [2.45, 2.75) is 4.90 Å². The van der Waals surface area contributed by atoms with E-state index in [1.165, 1.54) is 17.0 Å². The van der Waals surface area contributed by atoms with Crippen LogP contribution >= 0.6 is 23.4 Å². The van der Waals surface area contributed by atoms with Crippen LogP contribution in [0.5, 0.6) is 0 Å². The highest BCUT2D eigenvalue weighted by atomic mass is 35.5. The first-order valence-electron chi connectivity index (χ1n) is 5.26. The highest BCUT2D eigenvalue weighted by molar-refractivity contribution is 7.98. The number of hydrogen-bond acceptors (Lipinski definition) is 3. The lowest BCUT2D eigenvalue weighted by atomic mass is 10.2. The minimum absolute atomic E-state index is 0.0485. The Morgan fingerprint density at radius 2 is 1.89 bits per heavy atom. The molecule has 0 aromatic heterocycles. The SMILES string of the molecule is CSc1ccc(Nc2cc(Cl)c(F)cc2N)cc1. The summed E-state index contributed by atoms with van der Waals surface area (Å²) >= 11 is 7.39. The van der Waals surface area contributed by atoms with Gasteiger partial charge in [0.05, 0.1) is 16.4 Å². The molecule has 0 amide bonds. The zero-order valence-corrected chi connectivity index (χ0v) is 11.3. The van der Waals surface area contributed by atoms with Gasteiger partial charge in [0.25, 0.3) is 0 Å². The number of thioether (sulfide) groups is 1. The third-order valence-corrected chi connectivity index (χ3v) is 3.49. The van der Waals surface area contributed by atoms with Crippen molar-refractivity contribution >= 4 is 40.4 Å². The summed E-state index contributed by atoms with van der Waals surface area (Å²) in [5.74, 6) is -0.516. The zero-order valence-electron chi connectivity index (χ0n) is 9.71. The molecule has 5 heteroatoms. The lowest BCUT2D eigenvalue weighted by Gasteiger charge is -2.10. The summed E-state index contributed by atoms with van der Waals surface area (Å²) in [6.07, 6.45) is 2.01. The maximum atomic E-state index is 13.2. The average molecular weight is 283 g/mol. The van der Waals surface area contributed by atoms with E-state index in [1.807, 2.05) is 30.5 Å². The summed E-state index contributed by atoms with van der Waals surface area (Å²) < 4.78 is 13.2. The van der Waals surface area contributed by atoms with E-state index in [-0.39, 0.29) is 5.02 Å². The molecule has 0 spiro atoms. The van der Waals surface area contributed by atoms with Crippen molar-refractivity contribution in [3.05, 3.63) is 47.2 Å². The highest BCUT2D eigenvalue weighted by Crippen LogP contribution is 2.29. The Balaban J connectivity index is 2.25. The maximum Gasteiger partial charge on any atom is 0.143 e. The van der Waals surface area contributed by atoms with Crippen molar-refractivity contribution in [1.82, 2.24) is 0 Å². The third kappa shape index (κ3) is 2.89. The zero-order chi connectivity index (χ0) is 13.1. The van der Waals surface area contributed by atoms with Gasteiger partial charge in [-0.3, -0.25) is 0 Å². The monoisotopic (exact) mass is 282 g/mol. The van der Waals surface area contributed by atoms with Crippen LogP contribution in [0.4, 0.5) is 21.5 Å². The summed E-state index contributed by atoms with van der Waals surface area (Å²) in [5.41, 5.74) is 7.53. The van der Waals surface area contributed by atoms with Crippen molar-refractivity contribution in [3.8, 4) is 0 Å². The summed E-state index contributed by atoms with van der Waals surface area (Å²) in [6, 6.07) is 10.5. The smallest absolute Gasteiger partial charge is 0.143 e. The first-order chi connectivity index (χ1) is 8.60. The predicted molar refractivity (Wildman–Crippen MR) is 77.3 cm³/mol. The Bertz CT molecular complexity index is 558. The van der Waals surface area contributed by atoms with Gasteiger partial charge in [0.15, 0.2) is 0 Å². The van der Waals surface area contributed by atoms with Crippen molar-refractivity contribution in [2.24, 2.45) is 0 Å². The molecular weight excluding hydrogens is 271 g/mol. The lowest BCUT2D eigenvalue weighted by Crippen LogP contribution is -1.97. The fourth-order valence-corrected chi connectivity index (χ4v) is 2.07. The van der Waals surface area contributed by atoms with Crippen LogP contribution in [0.3, 0.4) is 0 Å². The molecule has 2 rings (SSSR count). The second-order valence-electron chi connectivity index (χ2n) is 3.71. The molecule has 0 atom stereocenters. The fraction of sp³-hybridized carbons (Fsp3) is 0.0769. The molecular formula is C13H12ClFN2S. The second-order valence-corrected chi connectivity index (χ2v) is 4.99. The van der Waals surface area contributed by atoms with Crippen LogP contribution in [0.1, 0.15) is 0 Å². The van der Waals surface area contributed by atoms with Gasteiger partial charge in [0, 0.05) is 16.6 Å². The Hall–Kier alpha value is -1.39. The van der Waals surface area contributed by atoms with Crippen molar-refractivity contribution in [3.63, 3.8) is 0 Å². The van der Waals surface area contributed by atoms with E-state index in [1.54, 1.807) is 11.8 Å². The van der Waals surface area contributed by atoms with Gasteiger partial charge in [-0.2, -0.15) is 0 Å². The minimum atomic E-state index is -0.516. The largest absolute Gasteiger partial charge is 0.397 e. The van der Waals surface area contributed by atoms with E-state index in [4.69, 9.17) is 17.3 Å². The molecule has 94 valence electrons. The van der Waals surface area contributed by atoms with E-state index in [9.17, 15) is 4.39 Å². The number of nitrogen functional groups attached to an aromatic ring is 1. The molecule has 3 N–H and O–H groups in total. The molecule has 0 fully saturated rings. The lowest BCUT2D eigenvalue weighted by molar-refractivity contribution is 0.629. The van der Waals surface area contributed by atoms with E-state index >= 15 is 0 Å². The summed E-state index contributed by atoms with van der Waals surface area (Å²) in [5, 5.41) is 3.15. The summed E-state index contributed by atoms with van der Waals surface area (Å²) in [7, 11) is 0. The van der Waals surface area contributed by atoms with E-state index in [0.29, 0.717) is 11.4 Å². The molecule has 0 aliphatic rings. The maximum absolute atomic E-state index is 13.2. The van der Waals surface area contributed by atoms with E-state index < -0.39 is 5.82 Å². The van der Waals surface area contributed by atoms with Crippen LogP contribution in [0.15, 0.2) is 41.3 Å². The number of nitrogens with one attached hydrogen (secondary N) is 1. The van der Waals surface area contributed by atoms with Gasteiger partial charge in [-0.05, 0) is 36.6 Å². The number of benzene rings is 2. The molecule has 18 heavy (non-hydrogen) atoms. The number of nitrogens with two attached hydrogens (primary N) is 1. The van der Waals surface area contributed by atoms with Crippen LogP contribution in [0, 0.1) is 5.82 Å². The molecule has 0 saturated carbocycles. The molecule has 2 aromatic rings. The van der Waals surface area contributed by atoms with Gasteiger partial charge in [-0.25, -0.2) is 4.39 Å². The molecule has 0 aliphatic carbocycles. The van der Waals surface area contributed by atoms with Gasteiger partial charge >= 0.3 is 0 Å². The van der Waals surface area contributed by atoms with E-state index in [2.05, 4.69) is 5.32 Å². The number of anilines is 3. The Labute approximate surface area is 114 Å². The van der Waals surface area contributed by atoms with Gasteiger partial charge in [-0.1, -0.05) is 11.6 Å². The van der Waals surface area contributed by atoms with Crippen LogP contribution in [0.25, 0.3) is 0 Å². The molecule has 2 nitrogen and oxygen atoms in total. The molecule has 0 unspecified atom stereocenters. The van der Waals surface area contributed by atoms with Gasteiger partial charge in [0.2, 0.25) is 0 Å². The van der Waals surface area contributed by atoms with Crippen molar-refractivity contribution in [2.75, 3.05) is 17.3 Å². The molecule has 0 radical (unpaired) electrons. The van der Waals surface area contributed by atoms with Crippen LogP contribution in [-0.2, 0) is 0 Å². The standard InChI is InChI=1S/C13H12ClFN2S/c1-18-9-4-2-8(3-5-9)17-13-6-10(14)11(15)7-12(13)16/h2-7,17H,16H2,1H3. The molecule has 0 heterocycles. The minimum Gasteiger partial charge on any atom is -0.397 e. The first-order valence-corrected chi connectivity index (χ1v) is 6.86. The molecule has 0 aliphatic heterocycles. The van der Waals surface area contributed by atoms with E-state index in [0.717, 1.165) is 5.69 Å². The van der Waals surface area contributed by atoms with Crippen LogP contribution in [-0.4, -0.2) is 6.26 Å². The van der Waals surface area contributed by atoms with Gasteiger partial charge < -0.3 is 11.1 Å². The molecule has 0 bridgehead atoms. The molecule has 2 aromatic carbocycles. The van der Waals surface area contributed by atoms with Gasteiger partial charge in [-0.15, -0.1) is 11.8 Å². The predicted octanol–water partition coefficient (Wildman–Crippen LogP) is 4.53.